The molecule has 9 nitrogen and oxygen atoms in total. The highest BCUT2D eigenvalue weighted by atomic mass is 19.4. The Morgan fingerprint density at radius 2 is 1.90 bits per heavy atom. The summed E-state index contributed by atoms with van der Waals surface area (Å²) in [5.41, 5.74) is -1.13. The molecule has 0 bridgehead atoms. The number of nitrogens with one attached hydrogen (secondary N) is 1. The van der Waals surface area contributed by atoms with Crippen molar-refractivity contribution in [3.05, 3.63) is 54.2 Å². The van der Waals surface area contributed by atoms with Crippen molar-refractivity contribution in [2.45, 2.75) is 50.6 Å². The number of halogens is 4. The van der Waals surface area contributed by atoms with Crippen LogP contribution in [0.4, 0.5) is 22.4 Å². The van der Waals surface area contributed by atoms with E-state index in [9.17, 15) is 22.4 Å². The second kappa shape index (κ2) is 10.4. The number of aromatic nitrogens is 4. The van der Waals surface area contributed by atoms with Crippen LogP contribution in [0.2, 0.25) is 0 Å². The number of pyridine rings is 2. The molecule has 13 heteroatoms. The standard InChI is InChI=1S/C28H30F4N6O3/c1-26(2,3)41-25(39)34-27(15-29)12-13-37(16-27)23(28(30,31)32)18-9-11-21-35-36-24(38(21)14-18)19-10-8-17-6-5-7-20(40-4)22(17)33-19/h5-11,14,23H,12-13,15-16H2,1-4H3,(H,34,39)/t23-,27+/m1/s1. The molecule has 1 aromatic carbocycles. The smallest absolute Gasteiger partial charge is 0.408 e. The van der Waals surface area contributed by atoms with Gasteiger partial charge in [-0.05, 0) is 51.0 Å². The van der Waals surface area contributed by atoms with Crippen molar-refractivity contribution in [3.8, 4) is 17.3 Å². The van der Waals surface area contributed by atoms with Crippen LogP contribution in [0.5, 0.6) is 5.75 Å². The number of alkyl halides is 4. The SMILES string of the molecule is COc1cccc2ccc(-c3nnc4ccc([C@@H](N5CC[C@@](CF)(NC(=O)OC(C)(C)C)C5)C(F)(F)F)cn34)nc12. The number of ether oxygens (including phenoxy) is 2. The van der Waals surface area contributed by atoms with E-state index in [2.05, 4.69) is 20.5 Å². The van der Waals surface area contributed by atoms with Gasteiger partial charge in [-0.3, -0.25) is 9.30 Å². The van der Waals surface area contributed by atoms with Crippen molar-refractivity contribution < 1.29 is 31.8 Å². The summed E-state index contributed by atoms with van der Waals surface area (Å²) < 4.78 is 70.1. The van der Waals surface area contributed by atoms with Gasteiger partial charge >= 0.3 is 12.3 Å². The third-order valence-electron chi connectivity index (χ3n) is 6.95. The van der Waals surface area contributed by atoms with Crippen LogP contribution in [0.15, 0.2) is 48.7 Å². The summed E-state index contributed by atoms with van der Waals surface area (Å²) >= 11 is 0. The number of para-hydroxylation sites is 1. The lowest BCUT2D eigenvalue weighted by atomic mass is 10.0. The molecule has 1 N–H and O–H groups in total. The summed E-state index contributed by atoms with van der Waals surface area (Å²) in [5.74, 6) is 0.795. The Labute approximate surface area is 233 Å². The fourth-order valence-electron chi connectivity index (χ4n) is 5.15. The number of hydrogen-bond acceptors (Lipinski definition) is 7. The Bertz CT molecular complexity index is 1580. The van der Waals surface area contributed by atoms with Crippen molar-refractivity contribution in [1.82, 2.24) is 29.8 Å². The lowest BCUT2D eigenvalue weighted by molar-refractivity contribution is -0.184. The predicted molar refractivity (Wildman–Crippen MR) is 143 cm³/mol. The summed E-state index contributed by atoms with van der Waals surface area (Å²) in [6, 6.07) is 9.71. The van der Waals surface area contributed by atoms with Gasteiger partial charge in [-0.15, -0.1) is 10.2 Å². The van der Waals surface area contributed by atoms with Gasteiger partial charge in [0.25, 0.3) is 0 Å². The molecule has 1 amide bonds. The van der Waals surface area contributed by atoms with Crippen LogP contribution in [-0.4, -0.2) is 74.8 Å². The van der Waals surface area contributed by atoms with Crippen LogP contribution in [0.3, 0.4) is 0 Å². The maximum Gasteiger partial charge on any atom is 0.408 e. The Morgan fingerprint density at radius 1 is 1.12 bits per heavy atom. The van der Waals surface area contributed by atoms with Crippen LogP contribution in [0, 0.1) is 0 Å². The lowest BCUT2D eigenvalue weighted by Crippen LogP contribution is -2.54. The molecule has 3 aromatic heterocycles. The maximum absolute atomic E-state index is 14.6. The monoisotopic (exact) mass is 574 g/mol. The van der Waals surface area contributed by atoms with Crippen molar-refractivity contribution >= 4 is 22.6 Å². The van der Waals surface area contributed by atoms with E-state index in [1.54, 1.807) is 32.9 Å². The van der Waals surface area contributed by atoms with Crippen LogP contribution < -0.4 is 10.1 Å². The molecule has 41 heavy (non-hydrogen) atoms. The zero-order chi connectivity index (χ0) is 29.6. The number of methoxy groups -OCH3 is 1. The number of benzene rings is 1. The molecule has 4 heterocycles. The number of fused-ring (bicyclic) bond motifs is 2. The summed E-state index contributed by atoms with van der Waals surface area (Å²) in [7, 11) is 1.53. The molecule has 5 rings (SSSR count). The topological polar surface area (TPSA) is 93.9 Å². The summed E-state index contributed by atoms with van der Waals surface area (Å²) in [6.45, 7) is 3.45. The lowest BCUT2D eigenvalue weighted by Gasteiger charge is -2.33. The van der Waals surface area contributed by atoms with Crippen LogP contribution in [-0.2, 0) is 4.74 Å². The fourth-order valence-corrected chi connectivity index (χ4v) is 5.15. The van der Waals surface area contributed by atoms with E-state index < -0.39 is 36.1 Å². The molecule has 1 aliphatic heterocycles. The minimum Gasteiger partial charge on any atom is -0.494 e. The second-order valence-corrected chi connectivity index (χ2v) is 11.1. The minimum absolute atomic E-state index is 0.0156. The van der Waals surface area contributed by atoms with Crippen LogP contribution in [0.25, 0.3) is 28.1 Å². The van der Waals surface area contributed by atoms with Gasteiger partial charge in [0.05, 0.1) is 12.6 Å². The number of alkyl carbamates (subject to hydrolysis) is 1. The first-order valence-electron chi connectivity index (χ1n) is 13.0. The Morgan fingerprint density at radius 3 is 2.59 bits per heavy atom. The van der Waals surface area contributed by atoms with Gasteiger partial charge in [-0.1, -0.05) is 24.3 Å². The molecule has 0 radical (unpaired) electrons. The van der Waals surface area contributed by atoms with Crippen molar-refractivity contribution in [2.75, 3.05) is 26.9 Å². The number of hydrogen-bond donors (Lipinski definition) is 1. The number of rotatable bonds is 6. The van der Waals surface area contributed by atoms with Gasteiger partial charge < -0.3 is 14.8 Å². The average Bonchev–Trinajstić information content (AvgIpc) is 3.50. The molecule has 2 atom stereocenters. The van der Waals surface area contributed by atoms with E-state index >= 15 is 0 Å². The molecule has 0 unspecified atom stereocenters. The van der Waals surface area contributed by atoms with Crippen molar-refractivity contribution in [2.24, 2.45) is 0 Å². The normalized spacial score (nSPS) is 19.0. The van der Waals surface area contributed by atoms with Gasteiger partial charge in [0.1, 0.15) is 35.3 Å². The molecule has 1 fully saturated rings. The number of nitrogens with zero attached hydrogens (tertiary/aromatic N) is 5. The average molecular weight is 575 g/mol. The zero-order valence-electron chi connectivity index (χ0n) is 23.0. The number of carbonyl (C=O) groups is 1. The van der Waals surface area contributed by atoms with Crippen molar-refractivity contribution in [3.63, 3.8) is 0 Å². The molecule has 1 aliphatic rings. The third-order valence-corrected chi connectivity index (χ3v) is 6.95. The maximum atomic E-state index is 14.6. The van der Waals surface area contributed by atoms with Crippen LogP contribution in [0.1, 0.15) is 38.8 Å². The van der Waals surface area contributed by atoms with E-state index in [0.717, 1.165) is 10.3 Å². The first kappa shape index (κ1) is 28.5. The highest BCUT2D eigenvalue weighted by Crippen LogP contribution is 2.41. The van der Waals surface area contributed by atoms with Crippen molar-refractivity contribution in [1.29, 1.82) is 0 Å². The number of likely N-dealkylation sites (tertiary alicyclic amines) is 1. The fraction of sp³-hybridized carbons (Fsp3) is 0.429. The minimum atomic E-state index is -4.70. The van der Waals surface area contributed by atoms with Gasteiger partial charge in [-0.2, -0.15) is 13.2 Å². The van der Waals surface area contributed by atoms with E-state index in [1.807, 2.05) is 18.2 Å². The zero-order valence-corrected chi connectivity index (χ0v) is 23.0. The second-order valence-electron chi connectivity index (χ2n) is 11.1. The Hall–Kier alpha value is -4.00. The molecular weight excluding hydrogens is 544 g/mol. The molecule has 218 valence electrons. The first-order valence-corrected chi connectivity index (χ1v) is 13.0. The van der Waals surface area contributed by atoms with Gasteiger partial charge in [0, 0.05) is 24.7 Å². The Balaban J connectivity index is 1.49. The molecule has 1 saturated heterocycles. The van der Waals surface area contributed by atoms with Gasteiger partial charge in [0.15, 0.2) is 11.5 Å². The van der Waals surface area contributed by atoms with E-state index in [0.29, 0.717) is 22.6 Å². The molecule has 4 aromatic rings. The largest absolute Gasteiger partial charge is 0.494 e. The summed E-state index contributed by atoms with van der Waals surface area (Å²) in [4.78, 5) is 18.1. The highest BCUT2D eigenvalue weighted by molar-refractivity contribution is 5.86. The van der Waals surface area contributed by atoms with E-state index in [4.69, 9.17) is 9.47 Å². The third kappa shape index (κ3) is 5.76. The highest BCUT2D eigenvalue weighted by Gasteiger charge is 2.51. The van der Waals surface area contributed by atoms with E-state index in [1.165, 1.54) is 29.8 Å². The van der Waals surface area contributed by atoms with Gasteiger partial charge in [-0.25, -0.2) is 14.2 Å². The molecule has 0 saturated carbocycles. The quantitative estimate of drug-likeness (QED) is 0.304. The molecular formula is C28H30F4N6O3. The van der Waals surface area contributed by atoms with Crippen LogP contribution >= 0.6 is 0 Å². The molecule has 0 spiro atoms. The Kier molecular flexibility index (Phi) is 7.26. The summed E-state index contributed by atoms with van der Waals surface area (Å²) in [5, 5.41) is 11.6. The molecule has 0 aliphatic carbocycles. The number of carbonyl (C=O) groups excluding carboxylic acids is 1. The number of amides is 1. The first-order chi connectivity index (χ1) is 19.3. The van der Waals surface area contributed by atoms with E-state index in [-0.39, 0.29) is 30.9 Å². The summed E-state index contributed by atoms with van der Waals surface area (Å²) in [6.07, 6.45) is -4.27. The van der Waals surface area contributed by atoms with Gasteiger partial charge in [0.2, 0.25) is 0 Å². The predicted octanol–water partition coefficient (Wildman–Crippen LogP) is 5.50.